The lowest BCUT2D eigenvalue weighted by atomic mass is 9.81. The largest absolute Gasteiger partial charge is 0.386 e. The first-order chi connectivity index (χ1) is 9.22. The van der Waals surface area contributed by atoms with Crippen molar-refractivity contribution in [3.63, 3.8) is 0 Å². The molecule has 0 spiro atoms. The molecular formula is C13H13N5O. The molecule has 0 saturated heterocycles. The van der Waals surface area contributed by atoms with E-state index in [0.717, 1.165) is 11.1 Å². The molecule has 2 aromatic rings. The molecule has 0 saturated carbocycles. The van der Waals surface area contributed by atoms with Gasteiger partial charge in [0.05, 0.1) is 0 Å². The fourth-order valence-corrected chi connectivity index (χ4v) is 2.19. The number of aliphatic hydroxyl groups excluding tert-OH is 1. The fraction of sp³-hybridized carbons (Fsp3) is 0.154. The van der Waals surface area contributed by atoms with Gasteiger partial charge in [-0.3, -0.25) is 0 Å². The topological polar surface area (TPSA) is 101 Å². The maximum atomic E-state index is 10.6. The van der Waals surface area contributed by atoms with Crippen LogP contribution in [0.2, 0.25) is 0 Å². The smallest absolute Gasteiger partial charge is 0.175 e. The molecule has 0 bridgehead atoms. The first-order valence-corrected chi connectivity index (χ1v) is 5.88. The molecule has 96 valence electrons. The second-order valence-electron chi connectivity index (χ2n) is 4.43. The molecule has 3 rings (SSSR count). The highest BCUT2D eigenvalue weighted by Gasteiger charge is 2.40. The molecule has 1 aromatic carbocycles. The van der Waals surface area contributed by atoms with Crippen LogP contribution in [0.15, 0.2) is 48.6 Å². The summed E-state index contributed by atoms with van der Waals surface area (Å²) in [5, 5.41) is 24.0. The second kappa shape index (κ2) is 4.42. The number of hydrogen-bond acceptors (Lipinski definition) is 5. The lowest BCUT2D eigenvalue weighted by molar-refractivity contribution is 0.156. The summed E-state index contributed by atoms with van der Waals surface area (Å²) >= 11 is 0. The zero-order chi connectivity index (χ0) is 13.3. The Balaban J connectivity index is 2.03. The van der Waals surface area contributed by atoms with E-state index in [2.05, 4.69) is 20.6 Å². The van der Waals surface area contributed by atoms with Gasteiger partial charge in [-0.1, -0.05) is 48.6 Å². The molecular weight excluding hydrogens is 242 g/mol. The lowest BCUT2D eigenvalue weighted by Crippen LogP contribution is -2.48. The van der Waals surface area contributed by atoms with Crippen molar-refractivity contribution in [2.24, 2.45) is 5.73 Å². The highest BCUT2D eigenvalue weighted by Crippen LogP contribution is 2.33. The number of nitrogens with zero attached hydrogens (tertiary/aromatic N) is 3. The van der Waals surface area contributed by atoms with Crippen LogP contribution in [-0.2, 0) is 5.54 Å². The van der Waals surface area contributed by atoms with Crippen LogP contribution in [0.25, 0.3) is 5.57 Å². The summed E-state index contributed by atoms with van der Waals surface area (Å²) in [4.78, 5) is 0. The predicted molar refractivity (Wildman–Crippen MR) is 69.6 cm³/mol. The third-order valence-electron chi connectivity index (χ3n) is 3.26. The first kappa shape index (κ1) is 11.8. The van der Waals surface area contributed by atoms with Crippen LogP contribution < -0.4 is 5.73 Å². The standard InChI is InChI=1S/C13H13N5O/c14-13(12-15-17-18-16-12)8-4-7-10(11(13)19)9-5-2-1-3-6-9/h1-8,11,19H,14H2,(H,15,16,17,18). The maximum absolute atomic E-state index is 10.6. The molecule has 1 aliphatic carbocycles. The van der Waals surface area contributed by atoms with E-state index in [1.165, 1.54) is 0 Å². The van der Waals surface area contributed by atoms with Crippen molar-refractivity contribution in [1.29, 1.82) is 0 Å². The van der Waals surface area contributed by atoms with E-state index in [0.29, 0.717) is 5.82 Å². The number of allylic oxidation sites excluding steroid dienone is 2. The molecule has 0 amide bonds. The molecule has 0 aliphatic heterocycles. The molecule has 1 aliphatic rings. The SMILES string of the molecule is NC1(c2nnn[nH]2)C=CC=C(c2ccccc2)C1O. The van der Waals surface area contributed by atoms with Crippen LogP contribution in [0, 0.1) is 0 Å². The number of rotatable bonds is 2. The molecule has 0 fully saturated rings. The normalized spacial score (nSPS) is 26.2. The Morgan fingerprint density at radius 2 is 2.05 bits per heavy atom. The summed E-state index contributed by atoms with van der Waals surface area (Å²) in [5.74, 6) is 0.331. The minimum absolute atomic E-state index is 0.331. The summed E-state index contributed by atoms with van der Waals surface area (Å²) in [6, 6.07) is 9.59. The third-order valence-corrected chi connectivity index (χ3v) is 3.26. The minimum atomic E-state index is -1.15. The molecule has 19 heavy (non-hydrogen) atoms. The van der Waals surface area contributed by atoms with Gasteiger partial charge in [-0.15, -0.1) is 5.10 Å². The monoisotopic (exact) mass is 255 g/mol. The van der Waals surface area contributed by atoms with Crippen molar-refractivity contribution < 1.29 is 5.11 Å². The van der Waals surface area contributed by atoms with E-state index in [9.17, 15) is 5.11 Å². The van der Waals surface area contributed by atoms with E-state index in [1.807, 2.05) is 36.4 Å². The van der Waals surface area contributed by atoms with Crippen molar-refractivity contribution in [2.75, 3.05) is 0 Å². The van der Waals surface area contributed by atoms with Crippen LogP contribution in [0.3, 0.4) is 0 Å². The average molecular weight is 255 g/mol. The quantitative estimate of drug-likeness (QED) is 0.719. The van der Waals surface area contributed by atoms with E-state index >= 15 is 0 Å². The Morgan fingerprint density at radius 3 is 2.74 bits per heavy atom. The van der Waals surface area contributed by atoms with Gasteiger partial charge in [0.15, 0.2) is 5.82 Å². The van der Waals surface area contributed by atoms with Gasteiger partial charge in [0, 0.05) is 0 Å². The minimum Gasteiger partial charge on any atom is -0.386 e. The molecule has 1 aromatic heterocycles. The van der Waals surface area contributed by atoms with Crippen molar-refractivity contribution in [1.82, 2.24) is 20.6 Å². The van der Waals surface area contributed by atoms with E-state index < -0.39 is 11.6 Å². The Labute approximate surface area is 109 Å². The van der Waals surface area contributed by atoms with E-state index in [-0.39, 0.29) is 0 Å². The predicted octanol–water partition coefficient (Wildman–Crippen LogP) is 0.368. The molecule has 2 atom stereocenters. The highest BCUT2D eigenvalue weighted by atomic mass is 16.3. The van der Waals surface area contributed by atoms with Gasteiger partial charge in [0.25, 0.3) is 0 Å². The van der Waals surface area contributed by atoms with Gasteiger partial charge >= 0.3 is 0 Å². The summed E-state index contributed by atoms with van der Waals surface area (Å²) in [7, 11) is 0. The number of tetrazole rings is 1. The number of benzene rings is 1. The van der Waals surface area contributed by atoms with Gasteiger partial charge in [0.1, 0.15) is 11.6 Å². The average Bonchev–Trinajstić information content (AvgIpc) is 2.98. The van der Waals surface area contributed by atoms with Crippen LogP contribution in [0.4, 0.5) is 0 Å². The van der Waals surface area contributed by atoms with Crippen LogP contribution in [0.5, 0.6) is 0 Å². The van der Waals surface area contributed by atoms with Crippen molar-refractivity contribution in [2.45, 2.75) is 11.6 Å². The number of hydrogen-bond donors (Lipinski definition) is 3. The Kier molecular flexibility index (Phi) is 2.73. The molecule has 4 N–H and O–H groups in total. The van der Waals surface area contributed by atoms with Gasteiger partial charge < -0.3 is 10.8 Å². The van der Waals surface area contributed by atoms with Gasteiger partial charge in [-0.25, -0.2) is 5.10 Å². The second-order valence-corrected chi connectivity index (χ2v) is 4.43. The van der Waals surface area contributed by atoms with Crippen molar-refractivity contribution in [3.8, 4) is 0 Å². The maximum Gasteiger partial charge on any atom is 0.175 e. The molecule has 1 heterocycles. The summed E-state index contributed by atoms with van der Waals surface area (Å²) < 4.78 is 0. The fourth-order valence-electron chi connectivity index (χ4n) is 2.19. The molecule has 0 radical (unpaired) electrons. The third kappa shape index (κ3) is 1.87. The van der Waals surface area contributed by atoms with Crippen molar-refractivity contribution in [3.05, 3.63) is 59.9 Å². The van der Waals surface area contributed by atoms with Crippen LogP contribution in [0.1, 0.15) is 11.4 Å². The molecule has 6 heteroatoms. The van der Waals surface area contributed by atoms with Gasteiger partial charge in [-0.05, 0) is 21.6 Å². The summed E-state index contributed by atoms with van der Waals surface area (Å²) in [6.07, 6.45) is 4.41. The zero-order valence-corrected chi connectivity index (χ0v) is 10.1. The van der Waals surface area contributed by atoms with Gasteiger partial charge in [0.2, 0.25) is 0 Å². The Morgan fingerprint density at radius 1 is 1.26 bits per heavy atom. The van der Waals surface area contributed by atoms with Crippen molar-refractivity contribution >= 4 is 5.57 Å². The van der Waals surface area contributed by atoms with E-state index in [4.69, 9.17) is 5.73 Å². The Bertz CT molecular complexity index is 620. The first-order valence-electron chi connectivity index (χ1n) is 5.88. The lowest BCUT2D eigenvalue weighted by Gasteiger charge is -2.32. The molecule has 6 nitrogen and oxygen atoms in total. The number of H-pyrrole nitrogens is 1. The zero-order valence-electron chi connectivity index (χ0n) is 10.1. The van der Waals surface area contributed by atoms with E-state index in [1.54, 1.807) is 12.2 Å². The summed E-state index contributed by atoms with van der Waals surface area (Å²) in [5.41, 5.74) is 6.75. The van der Waals surface area contributed by atoms with Crippen LogP contribution in [-0.4, -0.2) is 31.8 Å². The number of aromatic nitrogens is 4. The number of aromatic amines is 1. The Hall–Kier alpha value is -2.31. The number of nitrogens with one attached hydrogen (secondary N) is 1. The van der Waals surface area contributed by atoms with Gasteiger partial charge in [-0.2, -0.15) is 0 Å². The molecule has 2 unspecified atom stereocenters. The summed E-state index contributed by atoms with van der Waals surface area (Å²) in [6.45, 7) is 0. The number of nitrogens with two attached hydrogens (primary N) is 1. The van der Waals surface area contributed by atoms with Crippen LogP contribution >= 0.6 is 0 Å². The highest BCUT2D eigenvalue weighted by molar-refractivity contribution is 5.73. The number of aliphatic hydroxyl groups is 1.